The average Bonchev–Trinajstić information content (AvgIpc) is 2.88. The number of carbonyl (C=O) groups excluding carboxylic acids is 1. The second-order valence-electron chi connectivity index (χ2n) is 4.62. The fourth-order valence-corrected chi connectivity index (χ4v) is 2.71. The molecule has 0 radical (unpaired) electrons. The van der Waals surface area contributed by atoms with E-state index in [9.17, 15) is 4.79 Å². The third-order valence-electron chi connectivity index (χ3n) is 3.39. The zero-order valence-electron chi connectivity index (χ0n) is 10.9. The summed E-state index contributed by atoms with van der Waals surface area (Å²) >= 11 is 1.52. The Morgan fingerprint density at radius 1 is 1.50 bits per heavy atom. The van der Waals surface area contributed by atoms with E-state index < -0.39 is 0 Å². The smallest absolute Gasteiger partial charge is 0.289 e. The summed E-state index contributed by atoms with van der Waals surface area (Å²) in [6.07, 6.45) is 4.08. The van der Waals surface area contributed by atoms with Gasteiger partial charge in [0.1, 0.15) is 0 Å². The molecule has 4 nitrogen and oxygen atoms in total. The zero-order valence-corrected chi connectivity index (χ0v) is 11.8. The van der Waals surface area contributed by atoms with E-state index in [0.717, 1.165) is 37.6 Å². The highest BCUT2D eigenvalue weighted by atomic mass is 32.2. The largest absolute Gasteiger partial charge is 0.445 e. The number of hydrogen-bond donors (Lipinski definition) is 1. The summed E-state index contributed by atoms with van der Waals surface area (Å²) in [6.45, 7) is 2.71. The van der Waals surface area contributed by atoms with Gasteiger partial charge in [-0.05, 0) is 50.7 Å². The van der Waals surface area contributed by atoms with Crippen molar-refractivity contribution in [3.8, 4) is 0 Å². The summed E-state index contributed by atoms with van der Waals surface area (Å²) in [5, 5.41) is 3.99. The Morgan fingerprint density at radius 2 is 2.22 bits per heavy atom. The van der Waals surface area contributed by atoms with Crippen molar-refractivity contribution >= 4 is 17.7 Å². The van der Waals surface area contributed by atoms with Crippen molar-refractivity contribution in [2.75, 3.05) is 32.9 Å². The first-order valence-corrected chi connectivity index (χ1v) is 7.54. The predicted molar refractivity (Wildman–Crippen MR) is 73.0 cm³/mol. The van der Waals surface area contributed by atoms with Gasteiger partial charge in [-0.3, -0.25) is 4.79 Å². The molecule has 18 heavy (non-hydrogen) atoms. The van der Waals surface area contributed by atoms with Gasteiger partial charge in [0.15, 0.2) is 10.9 Å². The van der Waals surface area contributed by atoms with Crippen LogP contribution in [0.1, 0.15) is 23.4 Å². The molecule has 1 aliphatic heterocycles. The van der Waals surface area contributed by atoms with Gasteiger partial charge in [-0.1, -0.05) is 11.8 Å². The minimum atomic E-state index is 0.0261. The van der Waals surface area contributed by atoms with Gasteiger partial charge < -0.3 is 14.6 Å². The van der Waals surface area contributed by atoms with Gasteiger partial charge in [-0.2, -0.15) is 0 Å². The molecule has 1 aromatic heterocycles. The maximum atomic E-state index is 12.2. The van der Waals surface area contributed by atoms with E-state index >= 15 is 0 Å². The molecular formula is C13H20N2O2S. The van der Waals surface area contributed by atoms with Crippen LogP contribution >= 0.6 is 11.8 Å². The molecule has 1 saturated heterocycles. The molecule has 2 rings (SSSR count). The molecule has 1 aromatic rings. The second-order valence-corrected chi connectivity index (χ2v) is 5.43. The molecule has 5 heteroatoms. The number of likely N-dealkylation sites (tertiary alicyclic amines) is 1. The SMILES string of the molecule is CNCC1CCN(C(=O)c2ccc(SC)o2)CC1. The number of rotatable bonds is 4. The van der Waals surface area contributed by atoms with E-state index in [1.54, 1.807) is 6.07 Å². The van der Waals surface area contributed by atoms with Crippen LogP contribution in [-0.2, 0) is 0 Å². The lowest BCUT2D eigenvalue weighted by molar-refractivity contribution is 0.0653. The van der Waals surface area contributed by atoms with Crippen LogP contribution in [0, 0.1) is 5.92 Å². The fourth-order valence-electron chi connectivity index (χ4n) is 2.33. The molecule has 0 spiro atoms. The average molecular weight is 268 g/mol. The molecule has 0 unspecified atom stereocenters. The van der Waals surface area contributed by atoms with Crippen LogP contribution in [0.4, 0.5) is 0 Å². The van der Waals surface area contributed by atoms with E-state index in [0.29, 0.717) is 11.7 Å². The highest BCUT2D eigenvalue weighted by molar-refractivity contribution is 7.98. The maximum absolute atomic E-state index is 12.2. The molecule has 0 bridgehead atoms. The first-order valence-electron chi connectivity index (χ1n) is 6.32. The van der Waals surface area contributed by atoms with Gasteiger partial charge in [0.2, 0.25) is 0 Å². The van der Waals surface area contributed by atoms with Crippen LogP contribution in [-0.4, -0.2) is 43.7 Å². The standard InChI is InChI=1S/C13H20N2O2S/c1-14-9-10-5-7-15(8-6-10)13(16)11-3-4-12(17-11)18-2/h3-4,10,14H,5-9H2,1-2H3. The normalized spacial score (nSPS) is 17.1. The van der Waals surface area contributed by atoms with Crippen LogP contribution in [0.25, 0.3) is 0 Å². The van der Waals surface area contributed by atoms with Gasteiger partial charge in [-0.25, -0.2) is 0 Å². The first kappa shape index (κ1) is 13.5. The third kappa shape index (κ3) is 3.09. The van der Waals surface area contributed by atoms with Crippen molar-refractivity contribution in [1.29, 1.82) is 0 Å². The molecule has 100 valence electrons. The van der Waals surface area contributed by atoms with E-state index in [4.69, 9.17) is 4.42 Å². The summed E-state index contributed by atoms with van der Waals surface area (Å²) in [5.41, 5.74) is 0. The number of carbonyl (C=O) groups is 1. The predicted octanol–water partition coefficient (Wildman–Crippen LogP) is 2.07. The quantitative estimate of drug-likeness (QED) is 0.849. The Bertz CT molecular complexity index is 397. The van der Waals surface area contributed by atoms with E-state index in [2.05, 4.69) is 5.32 Å². The Morgan fingerprint density at radius 3 is 2.78 bits per heavy atom. The molecule has 1 fully saturated rings. The summed E-state index contributed by atoms with van der Waals surface area (Å²) in [7, 11) is 1.98. The molecule has 0 atom stereocenters. The summed E-state index contributed by atoms with van der Waals surface area (Å²) in [5.74, 6) is 1.18. The summed E-state index contributed by atoms with van der Waals surface area (Å²) in [4.78, 5) is 14.1. The molecule has 1 aliphatic rings. The summed E-state index contributed by atoms with van der Waals surface area (Å²) in [6, 6.07) is 3.62. The number of furan rings is 1. The van der Waals surface area contributed by atoms with Gasteiger partial charge >= 0.3 is 0 Å². The Balaban J connectivity index is 1.91. The van der Waals surface area contributed by atoms with Crippen molar-refractivity contribution < 1.29 is 9.21 Å². The van der Waals surface area contributed by atoms with E-state index in [1.165, 1.54) is 11.8 Å². The lowest BCUT2D eigenvalue weighted by atomic mass is 9.97. The lowest BCUT2D eigenvalue weighted by Crippen LogP contribution is -2.40. The van der Waals surface area contributed by atoms with Crippen LogP contribution in [0.3, 0.4) is 0 Å². The number of nitrogens with zero attached hydrogens (tertiary/aromatic N) is 1. The van der Waals surface area contributed by atoms with Gasteiger partial charge in [-0.15, -0.1) is 0 Å². The monoisotopic (exact) mass is 268 g/mol. The van der Waals surface area contributed by atoms with Gasteiger partial charge in [0.25, 0.3) is 5.91 Å². The van der Waals surface area contributed by atoms with E-state index in [-0.39, 0.29) is 5.91 Å². The fraction of sp³-hybridized carbons (Fsp3) is 0.615. The molecule has 1 amide bonds. The number of hydrogen-bond acceptors (Lipinski definition) is 4. The molecule has 0 aromatic carbocycles. The second kappa shape index (κ2) is 6.29. The lowest BCUT2D eigenvalue weighted by Gasteiger charge is -2.31. The molecule has 0 saturated carbocycles. The third-order valence-corrected chi connectivity index (χ3v) is 4.01. The Labute approximate surface area is 112 Å². The molecule has 1 N–H and O–H groups in total. The first-order chi connectivity index (χ1) is 8.74. The van der Waals surface area contributed by atoms with Crippen molar-refractivity contribution in [2.45, 2.75) is 17.9 Å². The van der Waals surface area contributed by atoms with Crippen LogP contribution in [0.2, 0.25) is 0 Å². The Kier molecular flexibility index (Phi) is 4.72. The van der Waals surface area contributed by atoms with Crippen LogP contribution in [0.15, 0.2) is 21.6 Å². The summed E-state index contributed by atoms with van der Waals surface area (Å²) < 4.78 is 5.48. The number of thioether (sulfide) groups is 1. The van der Waals surface area contributed by atoms with E-state index in [1.807, 2.05) is 24.3 Å². The molecule has 2 heterocycles. The van der Waals surface area contributed by atoms with Gasteiger partial charge in [0.05, 0.1) is 0 Å². The molecular weight excluding hydrogens is 248 g/mol. The van der Waals surface area contributed by atoms with Gasteiger partial charge in [0, 0.05) is 13.1 Å². The highest BCUT2D eigenvalue weighted by Crippen LogP contribution is 2.22. The van der Waals surface area contributed by atoms with Crippen molar-refractivity contribution in [1.82, 2.24) is 10.2 Å². The minimum Gasteiger partial charge on any atom is -0.445 e. The minimum absolute atomic E-state index is 0.0261. The number of nitrogens with one attached hydrogen (secondary N) is 1. The zero-order chi connectivity index (χ0) is 13.0. The molecule has 0 aliphatic carbocycles. The van der Waals surface area contributed by atoms with Crippen molar-refractivity contribution in [3.63, 3.8) is 0 Å². The number of piperidine rings is 1. The Hall–Kier alpha value is -0.940. The highest BCUT2D eigenvalue weighted by Gasteiger charge is 2.24. The van der Waals surface area contributed by atoms with Crippen molar-refractivity contribution in [2.24, 2.45) is 5.92 Å². The maximum Gasteiger partial charge on any atom is 0.289 e. The van der Waals surface area contributed by atoms with Crippen LogP contribution < -0.4 is 5.32 Å². The topological polar surface area (TPSA) is 45.5 Å². The number of amides is 1. The van der Waals surface area contributed by atoms with Crippen molar-refractivity contribution in [3.05, 3.63) is 17.9 Å². The van der Waals surface area contributed by atoms with Crippen LogP contribution in [0.5, 0.6) is 0 Å².